The van der Waals surface area contributed by atoms with Gasteiger partial charge in [-0.15, -0.1) is 0 Å². The first-order valence-electron chi connectivity index (χ1n) is 9.12. The Hall–Kier alpha value is -2.61. The number of rotatable bonds is 6. The van der Waals surface area contributed by atoms with Crippen LogP contribution >= 0.6 is 0 Å². The van der Waals surface area contributed by atoms with Gasteiger partial charge in [0.05, 0.1) is 17.8 Å². The highest BCUT2D eigenvalue weighted by Gasteiger charge is 2.30. The highest BCUT2D eigenvalue weighted by atomic mass is 19.4. The van der Waals surface area contributed by atoms with Crippen molar-refractivity contribution in [2.75, 3.05) is 31.6 Å². The van der Waals surface area contributed by atoms with Gasteiger partial charge in [-0.2, -0.15) is 18.3 Å². The first kappa shape index (κ1) is 20.1. The lowest BCUT2D eigenvalue weighted by Gasteiger charge is -2.25. The number of carbonyl (C=O) groups is 1. The van der Waals surface area contributed by atoms with Crippen LogP contribution in [0.3, 0.4) is 0 Å². The Morgan fingerprint density at radius 3 is 2.61 bits per heavy atom. The Morgan fingerprint density at radius 1 is 1.32 bits per heavy atom. The molecule has 3 rings (SSSR count). The van der Waals surface area contributed by atoms with Crippen LogP contribution in [-0.4, -0.2) is 42.7 Å². The summed E-state index contributed by atoms with van der Waals surface area (Å²) in [7, 11) is 1.80. The van der Waals surface area contributed by atoms with Gasteiger partial charge in [0.2, 0.25) is 0 Å². The maximum absolute atomic E-state index is 12.7. The van der Waals surface area contributed by atoms with E-state index in [9.17, 15) is 18.0 Å². The van der Waals surface area contributed by atoms with Gasteiger partial charge in [0, 0.05) is 31.4 Å². The maximum atomic E-state index is 12.7. The number of hydrogen-bond donors (Lipinski definition) is 1. The van der Waals surface area contributed by atoms with Crippen molar-refractivity contribution in [2.24, 2.45) is 0 Å². The lowest BCUT2D eigenvalue weighted by molar-refractivity contribution is -0.137. The summed E-state index contributed by atoms with van der Waals surface area (Å²) in [4.78, 5) is 13.6. The number of likely N-dealkylation sites (N-methyl/N-ethyl adjacent to an activating group) is 1. The van der Waals surface area contributed by atoms with Crippen LogP contribution in [0, 0.1) is 0 Å². The van der Waals surface area contributed by atoms with Crippen molar-refractivity contribution in [1.82, 2.24) is 15.1 Å². The molecule has 1 atom stereocenters. The third-order valence-electron chi connectivity index (χ3n) is 4.95. The van der Waals surface area contributed by atoms with Crippen LogP contribution in [-0.2, 0) is 6.18 Å². The first-order valence-corrected chi connectivity index (χ1v) is 9.12. The standard InChI is InChI=1S/C20H23F3N4O/c1-14(12-26(2)17-5-3-16(4-6-17)20(21,22)23)27-19(13-28)18(11-25-27)15-7-9-24-10-8-15/h3-7,11,13-14,24H,8-10,12H2,1-2H3. The Balaban J connectivity index is 1.75. The van der Waals surface area contributed by atoms with Gasteiger partial charge in [-0.3, -0.25) is 9.48 Å². The van der Waals surface area contributed by atoms with Gasteiger partial charge in [-0.1, -0.05) is 6.08 Å². The number of aromatic nitrogens is 2. The van der Waals surface area contributed by atoms with Gasteiger partial charge >= 0.3 is 6.18 Å². The zero-order valence-corrected chi connectivity index (χ0v) is 15.8. The average molecular weight is 392 g/mol. The second kappa shape index (κ2) is 8.18. The monoisotopic (exact) mass is 392 g/mol. The van der Waals surface area contributed by atoms with Crippen molar-refractivity contribution in [3.8, 4) is 0 Å². The Morgan fingerprint density at radius 2 is 2.04 bits per heavy atom. The molecule has 1 aliphatic rings. The van der Waals surface area contributed by atoms with Crippen molar-refractivity contribution in [2.45, 2.75) is 25.6 Å². The lowest BCUT2D eigenvalue weighted by Crippen LogP contribution is -2.27. The maximum Gasteiger partial charge on any atom is 0.416 e. The normalized spacial score (nSPS) is 15.8. The molecule has 2 aromatic rings. The molecule has 1 N–H and O–H groups in total. The molecule has 8 heteroatoms. The Labute approximate surface area is 161 Å². The molecule has 150 valence electrons. The fraction of sp³-hybridized carbons (Fsp3) is 0.400. The Bertz CT molecular complexity index is 855. The SMILES string of the molecule is CC(CN(C)c1ccc(C(F)(F)F)cc1)n1ncc(C2=CCNCC2)c1C=O. The minimum Gasteiger partial charge on any atom is -0.372 e. The summed E-state index contributed by atoms with van der Waals surface area (Å²) < 4.78 is 39.9. The molecular weight excluding hydrogens is 369 g/mol. The summed E-state index contributed by atoms with van der Waals surface area (Å²) in [6, 6.07) is 4.91. The van der Waals surface area contributed by atoms with Gasteiger partial charge in [-0.25, -0.2) is 0 Å². The van der Waals surface area contributed by atoms with Crippen LogP contribution in [0.5, 0.6) is 0 Å². The summed E-state index contributed by atoms with van der Waals surface area (Å²) in [6.07, 6.45) is 1.09. The number of aldehydes is 1. The third kappa shape index (κ3) is 4.27. The highest BCUT2D eigenvalue weighted by Crippen LogP contribution is 2.31. The fourth-order valence-corrected chi connectivity index (χ4v) is 3.44. The third-order valence-corrected chi connectivity index (χ3v) is 4.95. The lowest BCUT2D eigenvalue weighted by atomic mass is 10.0. The predicted octanol–water partition coefficient (Wildman–Crippen LogP) is 3.79. The minimum absolute atomic E-state index is 0.136. The molecule has 0 fully saturated rings. The smallest absolute Gasteiger partial charge is 0.372 e. The van der Waals surface area contributed by atoms with Gasteiger partial charge in [0.25, 0.3) is 0 Å². The van der Waals surface area contributed by atoms with Gasteiger partial charge in [-0.05, 0) is 49.7 Å². The van der Waals surface area contributed by atoms with E-state index in [2.05, 4.69) is 16.5 Å². The average Bonchev–Trinajstić information content (AvgIpc) is 3.12. The molecule has 0 amide bonds. The van der Waals surface area contributed by atoms with Crippen molar-refractivity contribution >= 4 is 17.5 Å². The van der Waals surface area contributed by atoms with Crippen LogP contribution in [0.25, 0.3) is 5.57 Å². The number of nitrogens with zero attached hydrogens (tertiary/aromatic N) is 3. The molecule has 1 aromatic heterocycles. The summed E-state index contributed by atoms with van der Waals surface area (Å²) in [5.74, 6) is 0. The molecule has 1 aliphatic heterocycles. The molecule has 0 spiro atoms. The molecule has 0 aliphatic carbocycles. The van der Waals surface area contributed by atoms with E-state index in [0.717, 1.165) is 49.1 Å². The van der Waals surface area contributed by atoms with Crippen molar-refractivity contribution in [1.29, 1.82) is 0 Å². The summed E-state index contributed by atoms with van der Waals surface area (Å²) in [5, 5.41) is 7.64. The number of nitrogens with one attached hydrogen (secondary N) is 1. The molecule has 0 bridgehead atoms. The number of alkyl halides is 3. The van der Waals surface area contributed by atoms with Gasteiger partial charge in [0.1, 0.15) is 5.69 Å². The molecule has 28 heavy (non-hydrogen) atoms. The molecule has 0 saturated heterocycles. The zero-order chi connectivity index (χ0) is 20.3. The minimum atomic E-state index is -4.35. The van der Waals surface area contributed by atoms with Crippen LogP contribution in [0.4, 0.5) is 18.9 Å². The molecular formula is C20H23F3N4O. The molecule has 0 saturated carbocycles. The highest BCUT2D eigenvalue weighted by molar-refractivity contribution is 5.83. The summed E-state index contributed by atoms with van der Waals surface area (Å²) in [5.41, 5.74) is 2.48. The summed E-state index contributed by atoms with van der Waals surface area (Å²) in [6.45, 7) is 4.06. The second-order valence-electron chi connectivity index (χ2n) is 6.96. The van der Waals surface area contributed by atoms with Crippen LogP contribution in [0.15, 0.2) is 36.5 Å². The van der Waals surface area contributed by atoms with Crippen LogP contribution < -0.4 is 10.2 Å². The summed E-state index contributed by atoms with van der Waals surface area (Å²) >= 11 is 0. The van der Waals surface area contributed by atoms with Crippen molar-refractivity contribution in [3.05, 3.63) is 53.4 Å². The van der Waals surface area contributed by atoms with E-state index in [1.54, 1.807) is 17.9 Å². The van der Waals surface area contributed by atoms with E-state index in [1.807, 2.05) is 11.8 Å². The first-order chi connectivity index (χ1) is 13.3. The number of halogens is 3. The van der Waals surface area contributed by atoms with Gasteiger partial charge < -0.3 is 10.2 Å². The largest absolute Gasteiger partial charge is 0.416 e. The molecule has 5 nitrogen and oxygen atoms in total. The van der Waals surface area contributed by atoms with Crippen LogP contribution in [0.1, 0.15) is 41.0 Å². The number of hydrogen-bond acceptors (Lipinski definition) is 4. The van der Waals surface area contributed by atoms with Crippen LogP contribution in [0.2, 0.25) is 0 Å². The molecule has 1 unspecified atom stereocenters. The zero-order valence-electron chi connectivity index (χ0n) is 15.8. The molecule has 0 radical (unpaired) electrons. The van der Waals surface area contributed by atoms with E-state index < -0.39 is 11.7 Å². The van der Waals surface area contributed by atoms with E-state index in [4.69, 9.17) is 0 Å². The van der Waals surface area contributed by atoms with E-state index in [0.29, 0.717) is 17.9 Å². The predicted molar refractivity (Wildman–Crippen MR) is 103 cm³/mol. The second-order valence-corrected chi connectivity index (χ2v) is 6.96. The van der Waals surface area contributed by atoms with Crippen molar-refractivity contribution in [3.63, 3.8) is 0 Å². The van der Waals surface area contributed by atoms with Crippen molar-refractivity contribution < 1.29 is 18.0 Å². The quantitative estimate of drug-likeness (QED) is 0.760. The Kier molecular flexibility index (Phi) is 5.88. The molecule has 1 aromatic carbocycles. The number of anilines is 1. The van der Waals surface area contributed by atoms with E-state index in [-0.39, 0.29) is 6.04 Å². The van der Waals surface area contributed by atoms with E-state index in [1.165, 1.54) is 12.1 Å². The fourth-order valence-electron chi connectivity index (χ4n) is 3.44. The number of carbonyl (C=O) groups excluding carboxylic acids is 1. The van der Waals surface area contributed by atoms with Gasteiger partial charge in [0.15, 0.2) is 6.29 Å². The van der Waals surface area contributed by atoms with E-state index >= 15 is 0 Å². The number of benzene rings is 1. The topological polar surface area (TPSA) is 50.2 Å². The molecule has 2 heterocycles.